The number of fused-ring (bicyclic) bond motifs is 1. The Morgan fingerprint density at radius 1 is 1.05 bits per heavy atom. The fourth-order valence-electron chi connectivity index (χ4n) is 2.22. The van der Waals surface area contributed by atoms with Gasteiger partial charge in [-0.2, -0.15) is 0 Å². The van der Waals surface area contributed by atoms with Gasteiger partial charge >= 0.3 is 0 Å². The van der Waals surface area contributed by atoms with Gasteiger partial charge < -0.3 is 14.5 Å². The fourth-order valence-corrected chi connectivity index (χ4v) is 2.51. The molecule has 3 nitrogen and oxygen atoms in total. The van der Waals surface area contributed by atoms with E-state index in [9.17, 15) is 0 Å². The summed E-state index contributed by atoms with van der Waals surface area (Å²) in [7, 11) is 1.63. The van der Waals surface area contributed by atoms with Crippen molar-refractivity contribution in [2.75, 3.05) is 7.11 Å². The molecule has 0 amide bonds. The van der Waals surface area contributed by atoms with Crippen LogP contribution < -0.4 is 9.47 Å². The van der Waals surface area contributed by atoms with Crippen LogP contribution in [0.4, 0.5) is 0 Å². The molecule has 0 unspecified atom stereocenters. The zero-order valence-electron chi connectivity index (χ0n) is 11.0. The van der Waals surface area contributed by atoms with Crippen molar-refractivity contribution >= 4 is 22.5 Å². The van der Waals surface area contributed by atoms with Gasteiger partial charge in [0.1, 0.15) is 6.61 Å². The molecule has 3 aromatic rings. The first-order valence-corrected chi connectivity index (χ1v) is 6.67. The average molecular weight is 288 g/mol. The largest absolute Gasteiger partial charge is 0.493 e. The Kier molecular flexibility index (Phi) is 3.52. The molecule has 4 heteroatoms. The highest BCUT2D eigenvalue weighted by molar-refractivity contribution is 6.35. The lowest BCUT2D eigenvalue weighted by atomic mass is 10.2. The number of H-pyrrole nitrogens is 1. The van der Waals surface area contributed by atoms with Crippen molar-refractivity contribution < 1.29 is 9.47 Å². The van der Waals surface area contributed by atoms with Crippen molar-refractivity contribution in [3.63, 3.8) is 0 Å². The number of hydrogen-bond donors (Lipinski definition) is 1. The summed E-state index contributed by atoms with van der Waals surface area (Å²) in [6.07, 6.45) is 1.92. The third-order valence-corrected chi connectivity index (χ3v) is 3.50. The molecule has 0 spiro atoms. The molecule has 1 N–H and O–H groups in total. The number of rotatable bonds is 4. The Hall–Kier alpha value is -2.13. The van der Waals surface area contributed by atoms with Crippen LogP contribution >= 0.6 is 11.6 Å². The lowest BCUT2D eigenvalue weighted by Gasteiger charge is -2.10. The lowest BCUT2D eigenvalue weighted by Crippen LogP contribution is -1.97. The summed E-state index contributed by atoms with van der Waals surface area (Å²) in [5, 5.41) is 1.73. The van der Waals surface area contributed by atoms with E-state index in [-0.39, 0.29) is 0 Å². The first-order valence-electron chi connectivity index (χ1n) is 6.30. The van der Waals surface area contributed by atoms with E-state index in [1.165, 1.54) is 0 Å². The third-order valence-electron chi connectivity index (χ3n) is 3.19. The monoisotopic (exact) mass is 287 g/mol. The zero-order chi connectivity index (χ0) is 13.9. The van der Waals surface area contributed by atoms with Gasteiger partial charge in [0.2, 0.25) is 0 Å². The Bertz CT molecular complexity index is 736. The molecule has 0 radical (unpaired) electrons. The van der Waals surface area contributed by atoms with Crippen LogP contribution in [0, 0.1) is 0 Å². The standard InChI is InChI=1S/C16H14ClNO2/c1-19-14-7-2-3-8-15(14)20-10-11-9-18-13-6-4-5-12(17)16(11)13/h2-9,18H,10H2,1H3. The molecule has 2 aromatic carbocycles. The van der Waals surface area contributed by atoms with Gasteiger partial charge in [0.15, 0.2) is 11.5 Å². The molecule has 0 fully saturated rings. The van der Waals surface area contributed by atoms with Crippen LogP contribution in [-0.4, -0.2) is 12.1 Å². The number of nitrogens with one attached hydrogen (secondary N) is 1. The van der Waals surface area contributed by atoms with Gasteiger partial charge in [0, 0.05) is 22.7 Å². The molecule has 20 heavy (non-hydrogen) atoms. The minimum Gasteiger partial charge on any atom is -0.493 e. The van der Waals surface area contributed by atoms with Gasteiger partial charge in [-0.1, -0.05) is 29.8 Å². The van der Waals surface area contributed by atoms with Crippen LogP contribution in [0.2, 0.25) is 5.02 Å². The van der Waals surface area contributed by atoms with Crippen LogP contribution in [0.15, 0.2) is 48.7 Å². The Morgan fingerprint density at radius 2 is 1.85 bits per heavy atom. The highest BCUT2D eigenvalue weighted by Gasteiger charge is 2.09. The quantitative estimate of drug-likeness (QED) is 0.771. The van der Waals surface area contributed by atoms with Crippen LogP contribution in [0.3, 0.4) is 0 Å². The molecule has 3 rings (SSSR count). The molecular weight excluding hydrogens is 274 g/mol. The summed E-state index contributed by atoms with van der Waals surface area (Å²) in [6, 6.07) is 13.4. The molecule has 102 valence electrons. The first kappa shape index (κ1) is 12.9. The molecule has 1 heterocycles. The van der Waals surface area contributed by atoms with Crippen molar-refractivity contribution in [2.24, 2.45) is 0 Å². The van der Waals surface area contributed by atoms with Gasteiger partial charge in [-0.3, -0.25) is 0 Å². The van der Waals surface area contributed by atoms with E-state index >= 15 is 0 Å². The van der Waals surface area contributed by atoms with Crippen LogP contribution in [-0.2, 0) is 6.61 Å². The number of methoxy groups -OCH3 is 1. The van der Waals surface area contributed by atoms with Gasteiger partial charge in [0.25, 0.3) is 0 Å². The number of aromatic amines is 1. The zero-order valence-corrected chi connectivity index (χ0v) is 11.8. The summed E-state index contributed by atoms with van der Waals surface area (Å²) >= 11 is 6.24. The second kappa shape index (κ2) is 5.47. The highest BCUT2D eigenvalue weighted by Crippen LogP contribution is 2.30. The van der Waals surface area contributed by atoms with Crippen molar-refractivity contribution in [3.05, 3.63) is 59.2 Å². The number of ether oxygens (including phenoxy) is 2. The summed E-state index contributed by atoms with van der Waals surface area (Å²) in [5.41, 5.74) is 2.03. The molecule has 0 atom stereocenters. The fraction of sp³-hybridized carbons (Fsp3) is 0.125. The van der Waals surface area contributed by atoms with Gasteiger partial charge in [-0.05, 0) is 24.3 Å². The van der Waals surface area contributed by atoms with E-state index in [2.05, 4.69) is 4.98 Å². The van der Waals surface area contributed by atoms with Crippen LogP contribution in [0.5, 0.6) is 11.5 Å². The van der Waals surface area contributed by atoms with Gasteiger partial charge in [0.05, 0.1) is 12.1 Å². The van der Waals surface area contributed by atoms with Gasteiger partial charge in [-0.15, -0.1) is 0 Å². The first-order chi connectivity index (χ1) is 9.79. The number of aromatic nitrogens is 1. The third kappa shape index (κ3) is 2.32. The number of halogens is 1. The topological polar surface area (TPSA) is 34.2 Å². The number of hydrogen-bond acceptors (Lipinski definition) is 2. The van der Waals surface area contributed by atoms with Crippen molar-refractivity contribution in [3.8, 4) is 11.5 Å². The highest BCUT2D eigenvalue weighted by atomic mass is 35.5. The normalized spacial score (nSPS) is 10.7. The molecule has 0 saturated heterocycles. The van der Waals surface area contributed by atoms with E-state index in [1.807, 2.05) is 48.7 Å². The average Bonchev–Trinajstić information content (AvgIpc) is 2.90. The predicted molar refractivity (Wildman–Crippen MR) is 80.6 cm³/mol. The van der Waals surface area contributed by atoms with E-state index in [0.29, 0.717) is 6.61 Å². The minimum atomic E-state index is 0.435. The summed E-state index contributed by atoms with van der Waals surface area (Å²) in [4.78, 5) is 3.20. The smallest absolute Gasteiger partial charge is 0.161 e. The van der Waals surface area contributed by atoms with E-state index < -0.39 is 0 Å². The SMILES string of the molecule is COc1ccccc1OCc1c[nH]c2cccc(Cl)c12. The maximum absolute atomic E-state index is 6.24. The summed E-state index contributed by atoms with van der Waals surface area (Å²) < 4.78 is 11.1. The molecular formula is C16H14ClNO2. The maximum atomic E-state index is 6.24. The van der Waals surface area contributed by atoms with Crippen molar-refractivity contribution in [1.82, 2.24) is 4.98 Å². The molecule has 0 bridgehead atoms. The minimum absolute atomic E-state index is 0.435. The maximum Gasteiger partial charge on any atom is 0.161 e. The Balaban J connectivity index is 1.87. The van der Waals surface area contributed by atoms with E-state index in [4.69, 9.17) is 21.1 Å². The second-order valence-electron chi connectivity index (χ2n) is 4.42. The molecule has 0 saturated carbocycles. The van der Waals surface area contributed by atoms with Crippen molar-refractivity contribution in [1.29, 1.82) is 0 Å². The van der Waals surface area contributed by atoms with E-state index in [1.54, 1.807) is 7.11 Å². The summed E-state index contributed by atoms with van der Waals surface area (Å²) in [5.74, 6) is 1.44. The molecule has 0 aliphatic carbocycles. The second-order valence-corrected chi connectivity index (χ2v) is 4.82. The van der Waals surface area contributed by atoms with Crippen molar-refractivity contribution in [2.45, 2.75) is 6.61 Å². The molecule has 1 aromatic heterocycles. The van der Waals surface area contributed by atoms with Crippen LogP contribution in [0.25, 0.3) is 10.9 Å². The number of para-hydroxylation sites is 2. The lowest BCUT2D eigenvalue weighted by molar-refractivity contribution is 0.285. The van der Waals surface area contributed by atoms with Crippen LogP contribution in [0.1, 0.15) is 5.56 Å². The van der Waals surface area contributed by atoms with E-state index in [0.717, 1.165) is 33.0 Å². The predicted octanol–water partition coefficient (Wildman–Crippen LogP) is 4.41. The Morgan fingerprint density at radius 3 is 2.65 bits per heavy atom. The summed E-state index contributed by atoms with van der Waals surface area (Å²) in [6.45, 7) is 0.435. The molecule has 0 aliphatic heterocycles. The molecule has 0 aliphatic rings. The van der Waals surface area contributed by atoms with Gasteiger partial charge in [-0.25, -0.2) is 0 Å². The Labute approximate surface area is 122 Å². The number of benzene rings is 2.